The van der Waals surface area contributed by atoms with Gasteiger partial charge in [0.1, 0.15) is 0 Å². The number of ether oxygens (including phenoxy) is 1. The summed E-state index contributed by atoms with van der Waals surface area (Å²) in [6, 6.07) is 10.4. The zero-order valence-corrected chi connectivity index (χ0v) is 9.64. The third-order valence-corrected chi connectivity index (χ3v) is 5.03. The minimum absolute atomic E-state index is 0.332. The number of hydrogen-bond donors (Lipinski definition) is 1. The molecule has 1 aliphatic heterocycles. The molecular weight excluding hydrogens is 243 g/mol. The van der Waals surface area contributed by atoms with Crippen molar-refractivity contribution in [3.8, 4) is 0 Å². The van der Waals surface area contributed by atoms with Gasteiger partial charge in [-0.15, -0.1) is 0 Å². The number of aliphatic hydroxyl groups excluding tert-OH is 1. The fraction of sp³-hybridized carbons (Fsp3) is 0.455. The van der Waals surface area contributed by atoms with Crippen LogP contribution in [0.3, 0.4) is 0 Å². The standard InChI is InChI=1S/C11H14O2Se/c12-11-10(7-4-8-13-11)14-9-5-2-1-3-6-9/h1-3,5-6,10-12H,4,7-8H2. The Morgan fingerprint density at radius 2 is 2.07 bits per heavy atom. The molecule has 1 aliphatic rings. The van der Waals surface area contributed by atoms with E-state index in [0.29, 0.717) is 26.4 Å². The molecule has 3 heteroatoms. The molecule has 1 N–H and O–H groups in total. The van der Waals surface area contributed by atoms with Gasteiger partial charge in [0.2, 0.25) is 0 Å². The Bertz CT molecular complexity index is 276. The van der Waals surface area contributed by atoms with Gasteiger partial charge in [0.25, 0.3) is 0 Å². The molecule has 2 rings (SSSR count). The van der Waals surface area contributed by atoms with Gasteiger partial charge in [0.15, 0.2) is 0 Å². The fourth-order valence-electron chi connectivity index (χ4n) is 1.53. The first kappa shape index (κ1) is 10.2. The van der Waals surface area contributed by atoms with Gasteiger partial charge in [-0.05, 0) is 0 Å². The van der Waals surface area contributed by atoms with Crippen LogP contribution in [0.15, 0.2) is 30.3 Å². The zero-order valence-electron chi connectivity index (χ0n) is 7.93. The van der Waals surface area contributed by atoms with Gasteiger partial charge in [0, 0.05) is 0 Å². The SMILES string of the molecule is OC1OCCCC1[Se]c1ccccc1. The van der Waals surface area contributed by atoms with E-state index >= 15 is 0 Å². The summed E-state index contributed by atoms with van der Waals surface area (Å²) in [4.78, 5) is 0.332. The van der Waals surface area contributed by atoms with Crippen molar-refractivity contribution >= 4 is 19.4 Å². The van der Waals surface area contributed by atoms with Crippen LogP contribution in [0.2, 0.25) is 4.82 Å². The van der Waals surface area contributed by atoms with Crippen molar-refractivity contribution in [1.82, 2.24) is 0 Å². The maximum atomic E-state index is 9.62. The van der Waals surface area contributed by atoms with Crippen molar-refractivity contribution in [3.63, 3.8) is 0 Å². The van der Waals surface area contributed by atoms with Crippen LogP contribution < -0.4 is 4.46 Å². The third kappa shape index (κ3) is 2.58. The summed E-state index contributed by atoms with van der Waals surface area (Å²) in [5.41, 5.74) is 0. The Kier molecular flexibility index (Phi) is 3.60. The molecule has 1 heterocycles. The van der Waals surface area contributed by atoms with E-state index in [4.69, 9.17) is 4.74 Å². The van der Waals surface area contributed by atoms with Crippen LogP contribution >= 0.6 is 0 Å². The van der Waals surface area contributed by atoms with Gasteiger partial charge in [-0.1, -0.05) is 0 Å². The predicted octanol–water partition coefficient (Wildman–Crippen LogP) is 0.933. The summed E-state index contributed by atoms with van der Waals surface area (Å²) in [6.07, 6.45) is 1.63. The second-order valence-corrected chi connectivity index (χ2v) is 6.13. The quantitative estimate of drug-likeness (QED) is 0.799. The average molecular weight is 257 g/mol. The van der Waals surface area contributed by atoms with Crippen LogP contribution in [-0.4, -0.2) is 33.0 Å². The second kappa shape index (κ2) is 4.94. The Balaban J connectivity index is 1.96. The van der Waals surface area contributed by atoms with E-state index in [-0.39, 0.29) is 0 Å². The van der Waals surface area contributed by atoms with Crippen molar-refractivity contribution < 1.29 is 9.84 Å². The van der Waals surface area contributed by atoms with E-state index in [1.807, 2.05) is 18.2 Å². The molecule has 0 radical (unpaired) electrons. The number of aliphatic hydroxyl groups is 1. The van der Waals surface area contributed by atoms with Crippen LogP contribution in [0, 0.1) is 0 Å². The Morgan fingerprint density at radius 1 is 1.29 bits per heavy atom. The van der Waals surface area contributed by atoms with Crippen molar-refractivity contribution in [2.24, 2.45) is 0 Å². The van der Waals surface area contributed by atoms with E-state index in [9.17, 15) is 5.11 Å². The second-order valence-electron chi connectivity index (χ2n) is 3.37. The average Bonchev–Trinajstić information content (AvgIpc) is 2.23. The first-order valence-corrected chi connectivity index (χ1v) is 6.72. The Hall–Kier alpha value is -0.341. The van der Waals surface area contributed by atoms with Crippen LogP contribution in [0.25, 0.3) is 0 Å². The van der Waals surface area contributed by atoms with Crippen molar-refractivity contribution in [1.29, 1.82) is 0 Å². The molecule has 2 unspecified atom stereocenters. The van der Waals surface area contributed by atoms with Crippen molar-refractivity contribution in [3.05, 3.63) is 30.3 Å². The van der Waals surface area contributed by atoms with Gasteiger partial charge >= 0.3 is 90.1 Å². The van der Waals surface area contributed by atoms with Gasteiger partial charge in [-0.3, -0.25) is 0 Å². The molecule has 0 bridgehead atoms. The first-order valence-electron chi connectivity index (χ1n) is 4.87. The summed E-state index contributed by atoms with van der Waals surface area (Å²) in [5.74, 6) is 0. The summed E-state index contributed by atoms with van der Waals surface area (Å²) in [5, 5.41) is 9.62. The zero-order chi connectivity index (χ0) is 9.80. The molecule has 2 atom stereocenters. The fourth-order valence-corrected chi connectivity index (χ4v) is 3.93. The van der Waals surface area contributed by atoms with E-state index in [2.05, 4.69) is 12.1 Å². The summed E-state index contributed by atoms with van der Waals surface area (Å²) >= 11 is 0.334. The van der Waals surface area contributed by atoms with Gasteiger partial charge in [0.05, 0.1) is 0 Å². The molecule has 1 fully saturated rings. The van der Waals surface area contributed by atoms with E-state index in [1.54, 1.807) is 0 Å². The number of benzene rings is 1. The number of hydrogen-bond acceptors (Lipinski definition) is 2. The summed E-state index contributed by atoms with van der Waals surface area (Å²) in [7, 11) is 0. The van der Waals surface area contributed by atoms with Crippen LogP contribution in [-0.2, 0) is 4.74 Å². The van der Waals surface area contributed by atoms with Gasteiger partial charge in [-0.25, -0.2) is 0 Å². The number of rotatable bonds is 2. The van der Waals surface area contributed by atoms with E-state index < -0.39 is 6.29 Å². The molecule has 1 aromatic rings. The van der Waals surface area contributed by atoms with Crippen LogP contribution in [0.1, 0.15) is 12.8 Å². The van der Waals surface area contributed by atoms with Crippen molar-refractivity contribution in [2.75, 3.05) is 6.61 Å². The van der Waals surface area contributed by atoms with Gasteiger partial charge < -0.3 is 0 Å². The van der Waals surface area contributed by atoms with E-state index in [1.165, 1.54) is 4.46 Å². The molecule has 76 valence electrons. The minimum atomic E-state index is -0.538. The normalized spacial score (nSPS) is 27.5. The van der Waals surface area contributed by atoms with Gasteiger partial charge in [-0.2, -0.15) is 0 Å². The van der Waals surface area contributed by atoms with Crippen LogP contribution in [0.5, 0.6) is 0 Å². The molecule has 0 amide bonds. The summed E-state index contributed by atoms with van der Waals surface area (Å²) in [6.45, 7) is 0.711. The summed E-state index contributed by atoms with van der Waals surface area (Å²) < 4.78 is 6.58. The molecule has 0 aliphatic carbocycles. The van der Waals surface area contributed by atoms with E-state index in [0.717, 1.165) is 12.8 Å². The third-order valence-electron chi connectivity index (χ3n) is 2.27. The maximum absolute atomic E-state index is 9.62. The molecule has 0 spiro atoms. The molecule has 1 aromatic carbocycles. The first-order chi connectivity index (χ1) is 6.86. The van der Waals surface area contributed by atoms with Crippen molar-refractivity contribution in [2.45, 2.75) is 23.9 Å². The topological polar surface area (TPSA) is 29.5 Å². The molecule has 2 nitrogen and oxygen atoms in total. The Morgan fingerprint density at radius 3 is 2.79 bits per heavy atom. The Labute approximate surface area is 90.4 Å². The molecule has 0 saturated carbocycles. The predicted molar refractivity (Wildman–Crippen MR) is 56.8 cm³/mol. The molecule has 14 heavy (non-hydrogen) atoms. The molecule has 1 saturated heterocycles. The monoisotopic (exact) mass is 258 g/mol. The molecular formula is C11H14O2Se. The van der Waals surface area contributed by atoms with Crippen LogP contribution in [0.4, 0.5) is 0 Å². The molecule has 0 aromatic heterocycles.